The lowest BCUT2D eigenvalue weighted by atomic mass is 10.1. The lowest BCUT2D eigenvalue weighted by molar-refractivity contribution is -0.138. The molecule has 2 rings (SSSR count). The quantitative estimate of drug-likeness (QED) is 0.214. The summed E-state index contributed by atoms with van der Waals surface area (Å²) >= 11 is 11.3. The fourth-order valence-electron chi connectivity index (χ4n) is 1.63. The predicted octanol–water partition coefficient (Wildman–Crippen LogP) is 2.91. The van der Waals surface area contributed by atoms with E-state index in [-0.39, 0.29) is 28.9 Å². The first-order chi connectivity index (χ1) is 10.4. The minimum absolute atomic E-state index is 0.105. The van der Waals surface area contributed by atoms with Gasteiger partial charge in [0.1, 0.15) is 10.7 Å². The number of esters is 1. The molecule has 1 N–H and O–H groups in total. The summed E-state index contributed by atoms with van der Waals surface area (Å²) in [5, 5.41) is 2.20. The number of pyridine rings is 1. The van der Waals surface area contributed by atoms with Crippen LogP contribution in [0.2, 0.25) is 10.3 Å². The highest BCUT2D eigenvalue weighted by molar-refractivity contribution is 6.37. The molecule has 118 valence electrons. The number of nitrogens with one attached hydrogen (secondary N) is 1. The van der Waals surface area contributed by atoms with Gasteiger partial charge < -0.3 is 10.1 Å². The zero-order valence-electron chi connectivity index (χ0n) is 11.7. The van der Waals surface area contributed by atoms with E-state index in [1.165, 1.54) is 6.20 Å². The van der Waals surface area contributed by atoms with E-state index in [1.54, 1.807) is 6.92 Å². The summed E-state index contributed by atoms with van der Waals surface area (Å²) in [5.41, 5.74) is -0.514. The van der Waals surface area contributed by atoms with Crippen LogP contribution in [0.4, 0.5) is 4.39 Å². The summed E-state index contributed by atoms with van der Waals surface area (Å²) in [6.07, 6.45) is 3.19. The first-order valence-corrected chi connectivity index (χ1v) is 7.39. The van der Waals surface area contributed by atoms with E-state index in [1.807, 2.05) is 0 Å². The van der Waals surface area contributed by atoms with E-state index >= 15 is 0 Å². The molecular weight excluding hydrogens is 334 g/mol. The molecule has 1 fully saturated rings. The summed E-state index contributed by atoms with van der Waals surface area (Å²) < 4.78 is 18.3. The van der Waals surface area contributed by atoms with Crippen molar-refractivity contribution in [3.05, 3.63) is 39.5 Å². The van der Waals surface area contributed by atoms with Crippen molar-refractivity contribution in [1.29, 1.82) is 0 Å². The number of ketones is 1. The van der Waals surface area contributed by atoms with Gasteiger partial charge in [0, 0.05) is 12.2 Å². The van der Waals surface area contributed by atoms with Crippen LogP contribution in [0.25, 0.3) is 0 Å². The van der Waals surface area contributed by atoms with Crippen LogP contribution in [0.5, 0.6) is 0 Å². The van der Waals surface area contributed by atoms with Gasteiger partial charge in [-0.2, -0.15) is 0 Å². The lowest BCUT2D eigenvalue weighted by Gasteiger charge is -2.09. The second kappa shape index (κ2) is 7.07. The average molecular weight is 347 g/mol. The Morgan fingerprint density at radius 1 is 1.45 bits per heavy atom. The van der Waals surface area contributed by atoms with Gasteiger partial charge >= 0.3 is 5.97 Å². The molecule has 1 aliphatic rings. The molecule has 0 aromatic carbocycles. The molecule has 0 unspecified atom stereocenters. The van der Waals surface area contributed by atoms with Gasteiger partial charge in [-0.15, -0.1) is 0 Å². The van der Waals surface area contributed by atoms with E-state index < -0.39 is 22.7 Å². The van der Waals surface area contributed by atoms with Gasteiger partial charge in [0.25, 0.3) is 0 Å². The maximum atomic E-state index is 13.5. The van der Waals surface area contributed by atoms with Crippen LogP contribution < -0.4 is 5.32 Å². The molecule has 8 heteroatoms. The molecule has 0 spiro atoms. The Hall–Kier alpha value is -1.66. The second-order valence-electron chi connectivity index (χ2n) is 4.65. The Bertz CT molecular complexity index is 645. The number of rotatable bonds is 6. The molecule has 0 saturated heterocycles. The number of carbonyl (C=O) groups excluding carboxylic acids is 2. The summed E-state index contributed by atoms with van der Waals surface area (Å²) in [4.78, 5) is 27.9. The zero-order valence-corrected chi connectivity index (χ0v) is 13.2. The van der Waals surface area contributed by atoms with Crippen LogP contribution in [0.1, 0.15) is 30.1 Å². The summed E-state index contributed by atoms with van der Waals surface area (Å²) in [6, 6.07) is 1.08. The number of hydrogen-bond donors (Lipinski definition) is 1. The number of Topliss-reactive ketones (excluding diaryl/α,β-unsaturated/α-hetero) is 1. The largest absolute Gasteiger partial charge is 0.462 e. The van der Waals surface area contributed by atoms with Gasteiger partial charge in [-0.05, 0) is 25.8 Å². The molecule has 0 bridgehead atoms. The zero-order chi connectivity index (χ0) is 16.3. The van der Waals surface area contributed by atoms with Crippen LogP contribution in [0.15, 0.2) is 17.8 Å². The number of halogens is 3. The first kappa shape index (κ1) is 16.7. The first-order valence-electron chi connectivity index (χ1n) is 6.63. The lowest BCUT2D eigenvalue weighted by Crippen LogP contribution is -2.21. The van der Waals surface area contributed by atoms with Crippen molar-refractivity contribution in [3.63, 3.8) is 0 Å². The molecule has 1 aliphatic carbocycles. The fraction of sp³-hybridized carbons (Fsp3) is 0.357. The molecule has 0 amide bonds. The van der Waals surface area contributed by atoms with Crippen LogP contribution in [-0.4, -0.2) is 29.4 Å². The number of ether oxygens (including phenoxy) is 1. The van der Waals surface area contributed by atoms with Crippen molar-refractivity contribution in [2.24, 2.45) is 0 Å². The number of carbonyl (C=O) groups is 2. The van der Waals surface area contributed by atoms with Gasteiger partial charge in [0.05, 0.1) is 12.2 Å². The van der Waals surface area contributed by atoms with Crippen LogP contribution in [0.3, 0.4) is 0 Å². The number of aromatic nitrogens is 1. The molecule has 1 heterocycles. The average Bonchev–Trinajstić information content (AvgIpc) is 3.27. The Morgan fingerprint density at radius 2 is 2.14 bits per heavy atom. The second-order valence-corrected chi connectivity index (χ2v) is 5.36. The van der Waals surface area contributed by atoms with Gasteiger partial charge in [0.15, 0.2) is 11.0 Å². The van der Waals surface area contributed by atoms with Crippen molar-refractivity contribution in [2.45, 2.75) is 25.8 Å². The van der Waals surface area contributed by atoms with E-state index in [9.17, 15) is 14.0 Å². The highest BCUT2D eigenvalue weighted by Gasteiger charge is 2.27. The molecule has 1 aromatic heterocycles. The highest BCUT2D eigenvalue weighted by atomic mass is 35.5. The Morgan fingerprint density at radius 3 is 2.73 bits per heavy atom. The van der Waals surface area contributed by atoms with Crippen molar-refractivity contribution in [2.75, 3.05) is 6.61 Å². The Balaban J connectivity index is 2.33. The summed E-state index contributed by atoms with van der Waals surface area (Å²) in [6.45, 7) is 1.72. The third-order valence-corrected chi connectivity index (χ3v) is 3.47. The van der Waals surface area contributed by atoms with Gasteiger partial charge in [-0.1, -0.05) is 23.2 Å². The minimum atomic E-state index is -0.896. The van der Waals surface area contributed by atoms with Crippen LogP contribution >= 0.6 is 23.2 Å². The van der Waals surface area contributed by atoms with E-state index in [4.69, 9.17) is 27.9 Å². The number of hydrogen-bond acceptors (Lipinski definition) is 5. The molecule has 22 heavy (non-hydrogen) atoms. The normalized spacial score (nSPS) is 14.6. The minimum Gasteiger partial charge on any atom is -0.462 e. The topological polar surface area (TPSA) is 68.3 Å². The van der Waals surface area contributed by atoms with Crippen molar-refractivity contribution in [1.82, 2.24) is 10.3 Å². The molecule has 1 aromatic rings. The van der Waals surface area contributed by atoms with Crippen LogP contribution in [-0.2, 0) is 9.53 Å². The molecule has 5 nitrogen and oxygen atoms in total. The maximum absolute atomic E-state index is 13.5. The predicted molar refractivity (Wildman–Crippen MR) is 79.4 cm³/mol. The molecule has 0 atom stereocenters. The standard InChI is InChI=1S/C14H13Cl2FN2O3/c1-2-22-14(21)9(6-18-7-3-4-7)11(20)8-5-10(17)13(16)19-12(8)15/h5-7,18H,2-4H2,1H3/b9-6-. The van der Waals surface area contributed by atoms with Gasteiger partial charge in [-0.3, -0.25) is 4.79 Å². The molecular formula is C14H13Cl2FN2O3. The number of nitrogens with zero attached hydrogens (tertiary/aromatic N) is 1. The van der Waals surface area contributed by atoms with Crippen molar-refractivity contribution < 1.29 is 18.7 Å². The smallest absolute Gasteiger partial charge is 0.343 e. The molecule has 0 radical (unpaired) electrons. The van der Waals surface area contributed by atoms with Crippen molar-refractivity contribution in [3.8, 4) is 0 Å². The van der Waals surface area contributed by atoms with Crippen molar-refractivity contribution >= 4 is 35.0 Å². The van der Waals surface area contributed by atoms with E-state index in [0.29, 0.717) is 0 Å². The van der Waals surface area contributed by atoms with Crippen LogP contribution in [0, 0.1) is 5.82 Å². The third-order valence-electron chi connectivity index (χ3n) is 2.91. The monoisotopic (exact) mass is 346 g/mol. The SMILES string of the molecule is CCOC(=O)/C(=C\NC1CC1)C(=O)c1cc(F)c(Cl)nc1Cl. The maximum Gasteiger partial charge on any atom is 0.343 e. The third kappa shape index (κ3) is 3.96. The van der Waals surface area contributed by atoms with Gasteiger partial charge in [0.2, 0.25) is 5.78 Å². The van der Waals surface area contributed by atoms with Gasteiger partial charge in [-0.25, -0.2) is 14.2 Å². The highest BCUT2D eigenvalue weighted by Crippen LogP contribution is 2.24. The Labute approximate surface area is 136 Å². The summed E-state index contributed by atoms with van der Waals surface area (Å²) in [7, 11) is 0. The van der Waals surface area contributed by atoms with E-state index in [2.05, 4.69) is 10.3 Å². The summed E-state index contributed by atoms with van der Waals surface area (Å²) in [5.74, 6) is -2.49. The van der Waals surface area contributed by atoms with E-state index in [0.717, 1.165) is 18.9 Å². The Kier molecular flexibility index (Phi) is 5.37. The fourth-order valence-corrected chi connectivity index (χ4v) is 2.03. The molecule has 0 aliphatic heterocycles. The molecule has 1 saturated carbocycles.